The van der Waals surface area contributed by atoms with Crippen LogP contribution in [0.1, 0.15) is 39.5 Å². The van der Waals surface area contributed by atoms with Gasteiger partial charge in [-0.05, 0) is 26.7 Å². The monoisotopic (exact) mass is 238 g/mol. The molecule has 0 unspecified atom stereocenters. The van der Waals surface area contributed by atoms with Gasteiger partial charge in [-0.25, -0.2) is 4.79 Å². The second-order valence-corrected chi connectivity index (χ2v) is 4.37. The van der Waals surface area contributed by atoms with Gasteiger partial charge in [0, 0.05) is 18.9 Å². The lowest BCUT2D eigenvalue weighted by Crippen LogP contribution is -2.28. The molecule has 0 amide bonds. The van der Waals surface area contributed by atoms with Crippen LogP contribution in [0.3, 0.4) is 0 Å². The molecule has 17 heavy (non-hydrogen) atoms. The van der Waals surface area contributed by atoms with E-state index < -0.39 is 5.41 Å². The van der Waals surface area contributed by atoms with Gasteiger partial charge in [0.25, 0.3) is 0 Å². The van der Waals surface area contributed by atoms with Crippen LogP contribution in [0.25, 0.3) is 0 Å². The van der Waals surface area contributed by atoms with Crippen molar-refractivity contribution in [3.8, 4) is 0 Å². The number of esters is 1. The Labute approximate surface area is 101 Å². The second-order valence-electron chi connectivity index (χ2n) is 4.37. The molecular weight excluding hydrogens is 220 g/mol. The third kappa shape index (κ3) is 3.25. The minimum atomic E-state index is -0.834. The number of carbonyl (C=O) groups excluding carboxylic acids is 3. The maximum Gasteiger partial charge on any atom is 0.330 e. The summed E-state index contributed by atoms with van der Waals surface area (Å²) in [6.07, 6.45) is 4.72. The van der Waals surface area contributed by atoms with E-state index in [1.165, 1.54) is 6.08 Å². The Morgan fingerprint density at radius 1 is 1.35 bits per heavy atom. The van der Waals surface area contributed by atoms with Gasteiger partial charge >= 0.3 is 5.97 Å². The highest BCUT2D eigenvalue weighted by molar-refractivity contribution is 6.12. The van der Waals surface area contributed by atoms with Gasteiger partial charge in [0.2, 0.25) is 0 Å². The van der Waals surface area contributed by atoms with Gasteiger partial charge in [-0.1, -0.05) is 6.08 Å². The van der Waals surface area contributed by atoms with E-state index in [0.29, 0.717) is 32.3 Å². The number of allylic oxidation sites excluding steroid dienone is 1. The fraction of sp³-hybridized carbons (Fsp3) is 0.615. The lowest BCUT2D eigenvalue weighted by Gasteiger charge is -2.18. The molecule has 4 heteroatoms. The van der Waals surface area contributed by atoms with Crippen LogP contribution in [0.5, 0.6) is 0 Å². The van der Waals surface area contributed by atoms with Gasteiger partial charge < -0.3 is 4.74 Å². The summed E-state index contributed by atoms with van der Waals surface area (Å²) in [4.78, 5) is 34.2. The Morgan fingerprint density at radius 3 is 2.47 bits per heavy atom. The lowest BCUT2D eigenvalue weighted by molar-refractivity contribution is -0.137. The molecule has 0 saturated heterocycles. The number of hydrogen-bond donors (Lipinski definition) is 0. The maximum absolute atomic E-state index is 11.6. The van der Waals surface area contributed by atoms with Crippen LogP contribution in [0.15, 0.2) is 12.2 Å². The zero-order valence-electron chi connectivity index (χ0n) is 10.3. The molecule has 1 saturated carbocycles. The van der Waals surface area contributed by atoms with Crippen molar-refractivity contribution in [1.82, 2.24) is 0 Å². The molecule has 1 aliphatic carbocycles. The molecule has 0 aliphatic heterocycles. The number of rotatable bonds is 5. The van der Waals surface area contributed by atoms with Gasteiger partial charge in [-0.3, -0.25) is 9.59 Å². The quantitative estimate of drug-likeness (QED) is 0.416. The average molecular weight is 238 g/mol. The predicted molar refractivity (Wildman–Crippen MR) is 62.4 cm³/mol. The van der Waals surface area contributed by atoms with Gasteiger partial charge in [-0.2, -0.15) is 0 Å². The molecular formula is C13H18O4. The highest BCUT2D eigenvalue weighted by Gasteiger charge is 2.44. The van der Waals surface area contributed by atoms with E-state index in [-0.39, 0.29) is 17.5 Å². The van der Waals surface area contributed by atoms with Crippen LogP contribution in [-0.2, 0) is 19.1 Å². The Kier molecular flexibility index (Phi) is 4.61. The van der Waals surface area contributed by atoms with Gasteiger partial charge in [-0.15, -0.1) is 0 Å². The van der Waals surface area contributed by atoms with Crippen molar-refractivity contribution >= 4 is 17.5 Å². The van der Waals surface area contributed by atoms with Crippen molar-refractivity contribution in [1.29, 1.82) is 0 Å². The van der Waals surface area contributed by atoms with Crippen molar-refractivity contribution in [3.63, 3.8) is 0 Å². The van der Waals surface area contributed by atoms with Crippen LogP contribution < -0.4 is 0 Å². The van der Waals surface area contributed by atoms with Crippen molar-refractivity contribution < 1.29 is 19.1 Å². The normalized spacial score (nSPS) is 18.9. The Balaban J connectivity index is 2.43. The minimum absolute atomic E-state index is 0.0204. The van der Waals surface area contributed by atoms with E-state index >= 15 is 0 Å². The van der Waals surface area contributed by atoms with Crippen molar-refractivity contribution in [2.75, 3.05) is 6.61 Å². The molecule has 0 N–H and O–H groups in total. The number of hydrogen-bond acceptors (Lipinski definition) is 4. The van der Waals surface area contributed by atoms with Gasteiger partial charge in [0.15, 0.2) is 0 Å². The molecule has 94 valence electrons. The molecule has 1 aliphatic rings. The molecule has 0 atom stereocenters. The van der Waals surface area contributed by atoms with Crippen LogP contribution in [0.4, 0.5) is 0 Å². The third-order valence-electron chi connectivity index (χ3n) is 3.16. The fourth-order valence-corrected chi connectivity index (χ4v) is 1.96. The second kappa shape index (κ2) is 5.75. The van der Waals surface area contributed by atoms with Crippen molar-refractivity contribution in [3.05, 3.63) is 12.2 Å². The first-order valence-electron chi connectivity index (χ1n) is 5.90. The van der Waals surface area contributed by atoms with E-state index in [9.17, 15) is 14.4 Å². The van der Waals surface area contributed by atoms with Crippen LogP contribution in [0.2, 0.25) is 0 Å². The van der Waals surface area contributed by atoms with Gasteiger partial charge in [0.05, 0.1) is 12.0 Å². The summed E-state index contributed by atoms with van der Waals surface area (Å²) in [5.74, 6) is -0.346. The molecule has 0 bridgehead atoms. The summed E-state index contributed by atoms with van der Waals surface area (Å²) in [7, 11) is 0. The summed E-state index contributed by atoms with van der Waals surface area (Å²) in [6, 6.07) is 0. The van der Waals surface area contributed by atoms with E-state index in [2.05, 4.69) is 0 Å². The number of Topliss-reactive ketones (excluding diaryl/α,β-unsaturated/α-hetero) is 2. The summed E-state index contributed by atoms with van der Waals surface area (Å²) in [6.45, 7) is 3.78. The van der Waals surface area contributed by atoms with Crippen molar-refractivity contribution in [2.45, 2.75) is 39.5 Å². The topological polar surface area (TPSA) is 60.4 Å². The van der Waals surface area contributed by atoms with Crippen LogP contribution >= 0.6 is 0 Å². The Hall–Kier alpha value is -1.45. The number of ketones is 2. The summed E-state index contributed by atoms with van der Waals surface area (Å²) in [5.41, 5.74) is -0.834. The zero-order valence-corrected chi connectivity index (χ0v) is 10.3. The largest absolute Gasteiger partial charge is 0.463 e. The highest BCUT2D eigenvalue weighted by atomic mass is 16.5. The molecule has 0 radical (unpaired) electrons. The first-order valence-corrected chi connectivity index (χ1v) is 5.90. The number of carbonyl (C=O) groups is 3. The molecule has 0 aromatic rings. The smallest absolute Gasteiger partial charge is 0.330 e. The highest BCUT2D eigenvalue weighted by Crippen LogP contribution is 2.35. The van der Waals surface area contributed by atoms with Crippen LogP contribution in [-0.4, -0.2) is 24.1 Å². The molecule has 1 fully saturated rings. The number of ether oxygens (including phenoxy) is 1. The molecule has 0 aromatic heterocycles. The standard InChI is InChI=1S/C13H18O4/c1-3-17-12(16)6-4-5-9-13(2)10(14)7-8-11(13)15/h4,6H,3,5,7-9H2,1-2H3/b6-4+. The first kappa shape index (κ1) is 13.6. The molecule has 0 heterocycles. The Bertz CT molecular complexity index is 338. The summed E-state index contributed by atoms with van der Waals surface area (Å²) >= 11 is 0. The molecule has 1 rings (SSSR count). The Morgan fingerprint density at radius 2 is 1.94 bits per heavy atom. The zero-order chi connectivity index (χ0) is 12.9. The van der Waals surface area contributed by atoms with Crippen LogP contribution in [0, 0.1) is 5.41 Å². The summed E-state index contributed by atoms with van der Waals surface area (Å²) < 4.78 is 4.72. The maximum atomic E-state index is 11.6. The van der Waals surface area contributed by atoms with E-state index in [1.54, 1.807) is 19.9 Å². The lowest BCUT2D eigenvalue weighted by atomic mass is 9.82. The third-order valence-corrected chi connectivity index (χ3v) is 3.16. The summed E-state index contributed by atoms with van der Waals surface area (Å²) in [5, 5.41) is 0. The predicted octanol–water partition coefficient (Wildman–Crippen LogP) is 1.82. The van der Waals surface area contributed by atoms with Crippen molar-refractivity contribution in [2.24, 2.45) is 5.41 Å². The molecule has 4 nitrogen and oxygen atoms in total. The van der Waals surface area contributed by atoms with E-state index in [1.807, 2.05) is 0 Å². The van der Waals surface area contributed by atoms with E-state index in [0.717, 1.165) is 0 Å². The van der Waals surface area contributed by atoms with Gasteiger partial charge in [0.1, 0.15) is 11.6 Å². The molecule has 0 aromatic carbocycles. The average Bonchev–Trinajstić information content (AvgIpc) is 2.54. The van der Waals surface area contributed by atoms with E-state index in [4.69, 9.17) is 4.74 Å². The minimum Gasteiger partial charge on any atom is -0.463 e. The SMILES string of the molecule is CCOC(=O)/C=C/CCC1(C)C(=O)CCC1=O. The molecule has 0 spiro atoms. The fourth-order valence-electron chi connectivity index (χ4n) is 1.96. The first-order chi connectivity index (χ1) is 8.00.